The molecule has 1 saturated carbocycles. The summed E-state index contributed by atoms with van der Waals surface area (Å²) in [7, 11) is -1.26. The van der Waals surface area contributed by atoms with Gasteiger partial charge in [-0.15, -0.1) is 0 Å². The van der Waals surface area contributed by atoms with E-state index in [0.717, 1.165) is 45.1 Å². The Morgan fingerprint density at radius 3 is 2.35 bits per heavy atom. The normalized spacial score (nSPS) is 22.6. The number of unbranched alkanes of at least 4 members (excludes halogenated alkanes) is 1. The number of piperidine rings is 1. The Labute approximate surface area is 123 Å². The zero-order valence-corrected chi connectivity index (χ0v) is 13.7. The van der Waals surface area contributed by atoms with Crippen molar-refractivity contribution in [2.45, 2.75) is 51.5 Å². The molecule has 0 amide bonds. The first-order valence-electron chi connectivity index (χ1n) is 8.01. The maximum atomic E-state index is 12.8. The van der Waals surface area contributed by atoms with Gasteiger partial charge in [-0.2, -0.15) is 17.0 Å². The van der Waals surface area contributed by atoms with E-state index >= 15 is 0 Å². The fourth-order valence-electron chi connectivity index (χ4n) is 2.94. The lowest BCUT2D eigenvalue weighted by molar-refractivity contribution is 0.249. The molecule has 0 aromatic carbocycles. The molecule has 118 valence electrons. The van der Waals surface area contributed by atoms with Crippen LogP contribution in [0.4, 0.5) is 0 Å². The first-order chi connectivity index (χ1) is 9.59. The minimum atomic E-state index is -3.23. The number of nitrogens with one attached hydrogen (secondary N) is 1. The molecule has 0 bridgehead atoms. The van der Waals surface area contributed by atoms with Crippen molar-refractivity contribution >= 4 is 10.2 Å². The molecule has 1 heterocycles. The molecular weight excluding hydrogens is 274 g/mol. The molecule has 1 aliphatic carbocycles. The molecule has 1 N–H and O–H groups in total. The molecule has 0 spiro atoms. The molecule has 0 aromatic heterocycles. The van der Waals surface area contributed by atoms with Crippen molar-refractivity contribution in [3.8, 4) is 0 Å². The van der Waals surface area contributed by atoms with Crippen LogP contribution in [0.15, 0.2) is 0 Å². The van der Waals surface area contributed by atoms with E-state index in [9.17, 15) is 8.42 Å². The van der Waals surface area contributed by atoms with Gasteiger partial charge in [0, 0.05) is 25.7 Å². The van der Waals surface area contributed by atoms with Crippen LogP contribution >= 0.6 is 0 Å². The standard InChI is InChI=1S/C14H29N3O2S/c1-3-4-9-17(14-5-6-14)20(18,19)16-10-7-13(8-11-16)12-15-2/h13-15H,3-12H2,1-2H3. The molecule has 5 nitrogen and oxygen atoms in total. The van der Waals surface area contributed by atoms with Crippen LogP contribution in [0, 0.1) is 5.92 Å². The largest absolute Gasteiger partial charge is 0.319 e. The summed E-state index contributed by atoms with van der Waals surface area (Å²) in [6.45, 7) is 5.17. The average molecular weight is 303 g/mol. The third-order valence-electron chi connectivity index (χ3n) is 4.38. The van der Waals surface area contributed by atoms with E-state index in [2.05, 4.69) is 12.2 Å². The van der Waals surface area contributed by atoms with E-state index in [-0.39, 0.29) is 6.04 Å². The fraction of sp³-hybridized carbons (Fsp3) is 1.00. The highest BCUT2D eigenvalue weighted by Gasteiger charge is 2.40. The second-order valence-electron chi connectivity index (χ2n) is 6.10. The van der Waals surface area contributed by atoms with E-state index in [0.29, 0.717) is 25.6 Å². The predicted octanol–water partition coefficient (Wildman–Crippen LogP) is 1.43. The van der Waals surface area contributed by atoms with Crippen LogP contribution in [0.2, 0.25) is 0 Å². The Balaban J connectivity index is 1.95. The minimum Gasteiger partial charge on any atom is -0.319 e. The molecule has 0 unspecified atom stereocenters. The van der Waals surface area contributed by atoms with Gasteiger partial charge in [0.15, 0.2) is 0 Å². The van der Waals surface area contributed by atoms with Crippen molar-refractivity contribution in [2.24, 2.45) is 5.92 Å². The van der Waals surface area contributed by atoms with Gasteiger partial charge in [0.05, 0.1) is 0 Å². The van der Waals surface area contributed by atoms with Crippen molar-refractivity contribution < 1.29 is 8.42 Å². The highest BCUT2D eigenvalue weighted by molar-refractivity contribution is 7.86. The maximum absolute atomic E-state index is 12.8. The van der Waals surface area contributed by atoms with E-state index in [4.69, 9.17) is 0 Å². The van der Waals surface area contributed by atoms with Gasteiger partial charge in [-0.05, 0) is 51.6 Å². The van der Waals surface area contributed by atoms with E-state index in [1.54, 1.807) is 8.61 Å². The number of rotatable bonds is 8. The van der Waals surface area contributed by atoms with Crippen LogP contribution in [-0.4, -0.2) is 56.3 Å². The summed E-state index contributed by atoms with van der Waals surface area (Å²) in [4.78, 5) is 0. The summed E-state index contributed by atoms with van der Waals surface area (Å²) in [5.41, 5.74) is 0. The van der Waals surface area contributed by atoms with Crippen LogP contribution in [0.1, 0.15) is 45.4 Å². The van der Waals surface area contributed by atoms with E-state index in [1.165, 1.54) is 0 Å². The van der Waals surface area contributed by atoms with E-state index in [1.807, 2.05) is 7.05 Å². The lowest BCUT2D eigenvalue weighted by atomic mass is 9.98. The first-order valence-corrected chi connectivity index (χ1v) is 9.40. The number of hydrogen-bond acceptors (Lipinski definition) is 3. The molecule has 0 aromatic rings. The second-order valence-corrected chi connectivity index (χ2v) is 7.98. The highest BCUT2D eigenvalue weighted by Crippen LogP contribution is 2.32. The molecule has 0 atom stereocenters. The average Bonchev–Trinajstić information content (AvgIpc) is 3.24. The van der Waals surface area contributed by atoms with Gasteiger partial charge in [-0.3, -0.25) is 0 Å². The monoisotopic (exact) mass is 303 g/mol. The molecule has 20 heavy (non-hydrogen) atoms. The van der Waals surface area contributed by atoms with Crippen molar-refractivity contribution in [2.75, 3.05) is 33.2 Å². The summed E-state index contributed by atoms with van der Waals surface area (Å²) < 4.78 is 29.0. The van der Waals surface area contributed by atoms with E-state index < -0.39 is 10.2 Å². The first kappa shape index (κ1) is 16.2. The summed E-state index contributed by atoms with van der Waals surface area (Å²) in [6, 6.07) is 0.279. The van der Waals surface area contributed by atoms with Gasteiger partial charge in [-0.25, -0.2) is 0 Å². The Hall–Kier alpha value is -0.170. The molecule has 2 aliphatic rings. The minimum absolute atomic E-state index is 0.279. The Bertz CT molecular complexity index is 387. The smallest absolute Gasteiger partial charge is 0.282 e. The van der Waals surface area contributed by atoms with Crippen molar-refractivity contribution in [3.63, 3.8) is 0 Å². The lowest BCUT2D eigenvalue weighted by Gasteiger charge is -2.35. The van der Waals surface area contributed by atoms with Crippen LogP contribution in [0.25, 0.3) is 0 Å². The zero-order valence-electron chi connectivity index (χ0n) is 12.8. The third-order valence-corrected chi connectivity index (χ3v) is 6.47. The van der Waals surface area contributed by atoms with Crippen molar-refractivity contribution in [1.82, 2.24) is 13.9 Å². The van der Waals surface area contributed by atoms with Crippen LogP contribution in [-0.2, 0) is 10.2 Å². The quantitative estimate of drug-likeness (QED) is 0.738. The molecular formula is C14H29N3O2S. The molecule has 2 rings (SSSR count). The SMILES string of the molecule is CCCCN(C1CC1)S(=O)(=O)N1CCC(CNC)CC1. The summed E-state index contributed by atoms with van der Waals surface area (Å²) in [6.07, 6.45) is 6.05. The van der Waals surface area contributed by atoms with Gasteiger partial charge in [0.1, 0.15) is 0 Å². The third kappa shape index (κ3) is 3.93. The Kier molecular flexibility index (Phi) is 5.84. The Morgan fingerprint density at radius 1 is 1.20 bits per heavy atom. The molecule has 6 heteroatoms. The van der Waals surface area contributed by atoms with Crippen LogP contribution in [0.5, 0.6) is 0 Å². The van der Waals surface area contributed by atoms with Gasteiger partial charge in [-0.1, -0.05) is 13.3 Å². The predicted molar refractivity (Wildman–Crippen MR) is 81.8 cm³/mol. The summed E-state index contributed by atoms with van der Waals surface area (Å²) >= 11 is 0. The Morgan fingerprint density at radius 2 is 1.85 bits per heavy atom. The fourth-order valence-corrected chi connectivity index (χ4v) is 4.86. The molecule has 1 saturated heterocycles. The topological polar surface area (TPSA) is 52.7 Å². The molecule has 2 fully saturated rings. The van der Waals surface area contributed by atoms with Crippen molar-refractivity contribution in [3.05, 3.63) is 0 Å². The van der Waals surface area contributed by atoms with Crippen LogP contribution in [0.3, 0.4) is 0 Å². The van der Waals surface area contributed by atoms with Crippen LogP contribution < -0.4 is 5.32 Å². The highest BCUT2D eigenvalue weighted by atomic mass is 32.2. The van der Waals surface area contributed by atoms with Gasteiger partial charge in [0.25, 0.3) is 10.2 Å². The number of nitrogens with zero attached hydrogens (tertiary/aromatic N) is 2. The molecule has 1 aliphatic heterocycles. The number of hydrogen-bond donors (Lipinski definition) is 1. The zero-order chi connectivity index (χ0) is 14.6. The maximum Gasteiger partial charge on any atom is 0.282 e. The lowest BCUT2D eigenvalue weighted by Crippen LogP contribution is -2.49. The molecule has 0 radical (unpaired) electrons. The van der Waals surface area contributed by atoms with Crippen molar-refractivity contribution in [1.29, 1.82) is 0 Å². The van der Waals surface area contributed by atoms with Gasteiger partial charge >= 0.3 is 0 Å². The van der Waals surface area contributed by atoms with Gasteiger partial charge in [0.2, 0.25) is 0 Å². The van der Waals surface area contributed by atoms with Gasteiger partial charge < -0.3 is 5.32 Å². The summed E-state index contributed by atoms with van der Waals surface area (Å²) in [5.74, 6) is 0.622. The second kappa shape index (κ2) is 7.20. The summed E-state index contributed by atoms with van der Waals surface area (Å²) in [5, 5.41) is 3.19.